The summed E-state index contributed by atoms with van der Waals surface area (Å²) in [6.07, 6.45) is 63.3. The van der Waals surface area contributed by atoms with Gasteiger partial charge >= 0.3 is 39.5 Å². The Morgan fingerprint density at radius 1 is 0.281 bits per heavy atom. The molecule has 0 saturated heterocycles. The molecule has 0 aromatic heterocycles. The highest BCUT2D eigenvalue weighted by atomic mass is 31.2. The van der Waals surface area contributed by atoms with Gasteiger partial charge in [0.2, 0.25) is 0 Å². The van der Waals surface area contributed by atoms with Gasteiger partial charge < -0.3 is 33.8 Å². The summed E-state index contributed by atoms with van der Waals surface area (Å²) in [7, 11) is -9.92. The summed E-state index contributed by atoms with van der Waals surface area (Å²) in [6.45, 7) is 4.98. The number of esters is 4. The number of aliphatic hydroxyl groups excluding tert-OH is 1. The van der Waals surface area contributed by atoms with Crippen LogP contribution in [0.25, 0.3) is 0 Å². The van der Waals surface area contributed by atoms with E-state index >= 15 is 0 Å². The van der Waals surface area contributed by atoms with Crippen molar-refractivity contribution < 1.29 is 80.2 Å². The quantitative estimate of drug-likeness (QED) is 0.0169. The van der Waals surface area contributed by atoms with Crippen LogP contribution in [0.1, 0.15) is 400 Å². The van der Waals surface area contributed by atoms with E-state index in [0.29, 0.717) is 25.7 Å². The molecule has 0 spiro atoms. The van der Waals surface area contributed by atoms with Crippen LogP contribution < -0.4 is 0 Å². The molecule has 568 valence electrons. The van der Waals surface area contributed by atoms with Crippen LogP contribution in [0.3, 0.4) is 0 Å². The molecule has 0 aromatic carbocycles. The Hall–Kier alpha value is -2.20. The number of carbonyl (C=O) groups excluding carboxylic acids is 4. The number of ether oxygens (including phenoxy) is 4. The molecule has 0 bridgehead atoms. The van der Waals surface area contributed by atoms with Crippen molar-refractivity contribution in [2.24, 2.45) is 0 Å². The van der Waals surface area contributed by atoms with Crippen molar-refractivity contribution in [3.63, 3.8) is 0 Å². The Morgan fingerprint density at radius 2 is 0.479 bits per heavy atom. The first-order chi connectivity index (χ1) is 46.7. The van der Waals surface area contributed by atoms with Crippen LogP contribution in [0.4, 0.5) is 0 Å². The SMILES string of the molecule is CCCCCCCC/C=C\CCCCCCCC(=O)OC[C@H](COP(=O)(O)OC[C@H](O)COP(=O)(O)OC[C@@H](COC(=O)CCCCCCCCCCCCCCC)OC(=O)CCCCCCCCCCCCCCC)OC(=O)CCCCCCCCCCCCCCCCC. The highest BCUT2D eigenvalue weighted by Gasteiger charge is 2.30. The molecule has 0 aliphatic rings. The molecule has 2 unspecified atom stereocenters. The third kappa shape index (κ3) is 70.2. The second-order valence-electron chi connectivity index (χ2n) is 27.4. The molecule has 5 atom stereocenters. The summed E-state index contributed by atoms with van der Waals surface area (Å²) in [5, 5.41) is 10.6. The lowest BCUT2D eigenvalue weighted by molar-refractivity contribution is -0.161. The van der Waals surface area contributed by atoms with E-state index in [1.807, 2.05) is 0 Å². The van der Waals surface area contributed by atoms with E-state index in [-0.39, 0.29) is 25.7 Å². The van der Waals surface area contributed by atoms with Crippen LogP contribution in [0.5, 0.6) is 0 Å². The van der Waals surface area contributed by atoms with E-state index < -0.39 is 97.5 Å². The van der Waals surface area contributed by atoms with Crippen LogP contribution in [-0.2, 0) is 65.4 Å². The molecular weight excluding hydrogens is 1260 g/mol. The minimum atomic E-state index is -4.96. The van der Waals surface area contributed by atoms with Crippen LogP contribution in [0.2, 0.25) is 0 Å². The van der Waals surface area contributed by atoms with E-state index in [1.165, 1.54) is 212 Å². The molecule has 0 aromatic rings. The van der Waals surface area contributed by atoms with Gasteiger partial charge in [0.15, 0.2) is 12.2 Å². The largest absolute Gasteiger partial charge is 0.472 e. The molecule has 0 rings (SSSR count). The molecule has 0 amide bonds. The van der Waals surface area contributed by atoms with Gasteiger partial charge in [-0.25, -0.2) is 9.13 Å². The Bertz CT molecular complexity index is 1870. The number of carbonyl (C=O) groups is 4. The summed E-state index contributed by atoms with van der Waals surface area (Å²) >= 11 is 0. The summed E-state index contributed by atoms with van der Waals surface area (Å²) in [5.41, 5.74) is 0. The van der Waals surface area contributed by atoms with E-state index in [0.717, 1.165) is 109 Å². The molecule has 0 saturated carbocycles. The zero-order chi connectivity index (χ0) is 70.4. The predicted octanol–water partition coefficient (Wildman–Crippen LogP) is 22.8. The average molecular weight is 1410 g/mol. The van der Waals surface area contributed by atoms with Crippen LogP contribution in [0, 0.1) is 0 Å². The number of aliphatic hydroxyl groups is 1. The lowest BCUT2D eigenvalue weighted by Gasteiger charge is -2.21. The maximum absolute atomic E-state index is 13.1. The fraction of sp³-hybridized carbons (Fsp3) is 0.922. The number of hydrogen-bond acceptors (Lipinski definition) is 15. The lowest BCUT2D eigenvalue weighted by atomic mass is 10.0. The van der Waals surface area contributed by atoms with Gasteiger partial charge in [-0.2, -0.15) is 0 Å². The number of allylic oxidation sites excluding steroid dienone is 2. The minimum absolute atomic E-state index is 0.105. The normalized spacial score (nSPS) is 13.9. The van der Waals surface area contributed by atoms with Crippen LogP contribution in [-0.4, -0.2) is 96.7 Å². The summed E-state index contributed by atoms with van der Waals surface area (Å²) < 4.78 is 68.6. The highest BCUT2D eigenvalue weighted by molar-refractivity contribution is 7.47. The van der Waals surface area contributed by atoms with Crippen molar-refractivity contribution in [2.75, 3.05) is 39.6 Å². The van der Waals surface area contributed by atoms with Crippen molar-refractivity contribution >= 4 is 39.5 Å². The standard InChI is InChI=1S/C77H148O17P2/c1-5-9-13-17-21-25-29-33-35-39-42-46-50-54-58-62-75(80)88-68-73(94-77(82)64-60-56-52-48-44-40-36-34-30-26-22-18-14-10-6-2)70-92-96(85,86)90-66-71(78)65-89-95(83,84)91-69-72(93-76(81)63-59-55-51-47-43-38-32-28-24-20-16-12-8-4)67-87-74(79)61-57-53-49-45-41-37-31-27-23-19-15-11-7-3/h33,35,71-73,78H,5-32,34,36-70H2,1-4H3,(H,83,84)(H,85,86)/b35-33-/t71-,72-,73-/m1/s1. The zero-order valence-electron chi connectivity index (χ0n) is 62.1. The average Bonchev–Trinajstić information content (AvgIpc) is 1.36. The number of rotatable bonds is 77. The highest BCUT2D eigenvalue weighted by Crippen LogP contribution is 2.45. The van der Waals surface area contributed by atoms with Gasteiger partial charge in [0.25, 0.3) is 0 Å². The number of hydrogen-bond donors (Lipinski definition) is 3. The Kier molecular flexibility index (Phi) is 69.6. The van der Waals surface area contributed by atoms with Crippen molar-refractivity contribution in [1.29, 1.82) is 0 Å². The Balaban J connectivity index is 5.28. The molecule has 3 N–H and O–H groups in total. The number of unbranched alkanes of at least 4 members (excludes halogenated alkanes) is 49. The van der Waals surface area contributed by atoms with Gasteiger partial charge in [-0.3, -0.25) is 37.3 Å². The molecule has 0 aliphatic heterocycles. The zero-order valence-corrected chi connectivity index (χ0v) is 63.9. The smallest absolute Gasteiger partial charge is 0.462 e. The number of phosphoric acid groups is 2. The van der Waals surface area contributed by atoms with E-state index in [9.17, 15) is 43.2 Å². The summed E-state index contributed by atoms with van der Waals surface area (Å²) in [5.74, 6) is -2.12. The second-order valence-corrected chi connectivity index (χ2v) is 30.3. The van der Waals surface area contributed by atoms with E-state index in [4.69, 9.17) is 37.0 Å². The van der Waals surface area contributed by atoms with Crippen molar-refractivity contribution in [1.82, 2.24) is 0 Å². The van der Waals surface area contributed by atoms with Crippen molar-refractivity contribution in [3.8, 4) is 0 Å². The van der Waals surface area contributed by atoms with E-state index in [1.54, 1.807) is 0 Å². The van der Waals surface area contributed by atoms with E-state index in [2.05, 4.69) is 39.8 Å². The van der Waals surface area contributed by atoms with Crippen LogP contribution in [0.15, 0.2) is 12.2 Å². The monoisotopic (exact) mass is 1410 g/mol. The molecule has 19 heteroatoms. The topological polar surface area (TPSA) is 237 Å². The molecule has 17 nitrogen and oxygen atoms in total. The lowest BCUT2D eigenvalue weighted by Crippen LogP contribution is -2.30. The first-order valence-corrected chi connectivity index (χ1v) is 42.9. The van der Waals surface area contributed by atoms with Gasteiger partial charge in [0.1, 0.15) is 19.3 Å². The Labute approximate surface area is 587 Å². The van der Waals surface area contributed by atoms with Gasteiger partial charge in [-0.1, -0.05) is 335 Å². The summed E-state index contributed by atoms with van der Waals surface area (Å²) in [4.78, 5) is 72.9. The first kappa shape index (κ1) is 93.8. The Morgan fingerprint density at radius 3 is 0.719 bits per heavy atom. The van der Waals surface area contributed by atoms with Gasteiger partial charge in [0, 0.05) is 25.7 Å². The molecular formula is C77H148O17P2. The van der Waals surface area contributed by atoms with Gasteiger partial charge in [-0.15, -0.1) is 0 Å². The molecule has 0 aliphatic carbocycles. The number of phosphoric ester groups is 2. The molecule has 0 heterocycles. The molecule has 0 fully saturated rings. The predicted molar refractivity (Wildman–Crippen MR) is 391 cm³/mol. The van der Waals surface area contributed by atoms with Crippen LogP contribution >= 0.6 is 15.6 Å². The molecule has 0 radical (unpaired) electrons. The van der Waals surface area contributed by atoms with Gasteiger partial charge in [-0.05, 0) is 51.4 Å². The third-order valence-corrected chi connectivity index (χ3v) is 19.7. The maximum Gasteiger partial charge on any atom is 0.472 e. The maximum atomic E-state index is 13.1. The fourth-order valence-electron chi connectivity index (χ4n) is 11.6. The summed E-state index contributed by atoms with van der Waals surface area (Å²) in [6, 6.07) is 0. The van der Waals surface area contributed by atoms with Crippen molar-refractivity contribution in [3.05, 3.63) is 12.2 Å². The second kappa shape index (κ2) is 71.2. The molecule has 96 heavy (non-hydrogen) atoms. The first-order valence-electron chi connectivity index (χ1n) is 39.9. The minimum Gasteiger partial charge on any atom is -0.462 e. The third-order valence-electron chi connectivity index (χ3n) is 17.8. The van der Waals surface area contributed by atoms with Gasteiger partial charge in [0.05, 0.1) is 26.4 Å². The van der Waals surface area contributed by atoms with Crippen molar-refractivity contribution in [2.45, 2.75) is 418 Å². The fourth-order valence-corrected chi connectivity index (χ4v) is 13.2.